The molecule has 4 rings (SSSR count). The molecule has 23 heavy (non-hydrogen) atoms. The molecule has 0 aliphatic rings. The molecule has 1 heterocycles. The second-order valence-electron chi connectivity index (χ2n) is 6.00. The van der Waals surface area contributed by atoms with E-state index in [0.717, 1.165) is 15.5 Å². The average molecular weight is 362 g/mol. The molecule has 0 amide bonds. The van der Waals surface area contributed by atoms with E-state index in [4.69, 9.17) is 4.98 Å². The molecule has 1 nitrogen and oxygen atoms in total. The minimum Gasteiger partial charge on any atom is -0.247 e. The standard InChI is InChI=1S/C21H16BrN/c1-13-8-9-16-12-17-20(15-6-4-3-5-7-15)14(2)11-18(22)21(17)23-19(16)10-13/h3-12H,1-2H3. The van der Waals surface area contributed by atoms with Crippen LogP contribution in [0.5, 0.6) is 0 Å². The molecular formula is C21H16BrN. The number of hydrogen-bond donors (Lipinski definition) is 0. The Morgan fingerprint density at radius 3 is 2.43 bits per heavy atom. The Bertz CT molecular complexity index is 1040. The van der Waals surface area contributed by atoms with E-state index in [2.05, 4.69) is 90.4 Å². The highest BCUT2D eigenvalue weighted by atomic mass is 79.9. The van der Waals surface area contributed by atoms with Crippen LogP contribution >= 0.6 is 15.9 Å². The number of aromatic nitrogens is 1. The summed E-state index contributed by atoms with van der Waals surface area (Å²) in [4.78, 5) is 4.92. The van der Waals surface area contributed by atoms with Gasteiger partial charge in [-0.15, -0.1) is 0 Å². The van der Waals surface area contributed by atoms with Gasteiger partial charge in [-0.1, -0.05) is 42.5 Å². The van der Waals surface area contributed by atoms with Crippen LogP contribution in [0.1, 0.15) is 11.1 Å². The summed E-state index contributed by atoms with van der Waals surface area (Å²) in [6.45, 7) is 4.26. The van der Waals surface area contributed by atoms with E-state index in [1.165, 1.54) is 33.0 Å². The summed E-state index contributed by atoms with van der Waals surface area (Å²) in [6, 6.07) is 21.4. The zero-order chi connectivity index (χ0) is 16.0. The zero-order valence-corrected chi connectivity index (χ0v) is 14.7. The van der Waals surface area contributed by atoms with Gasteiger partial charge in [0.05, 0.1) is 11.0 Å². The fourth-order valence-electron chi connectivity index (χ4n) is 3.18. The summed E-state index contributed by atoms with van der Waals surface area (Å²) in [6.07, 6.45) is 0. The van der Waals surface area contributed by atoms with Gasteiger partial charge in [-0.2, -0.15) is 0 Å². The third-order valence-electron chi connectivity index (χ3n) is 4.27. The smallest absolute Gasteiger partial charge is 0.0858 e. The highest BCUT2D eigenvalue weighted by molar-refractivity contribution is 9.10. The lowest BCUT2D eigenvalue weighted by Crippen LogP contribution is -1.91. The summed E-state index contributed by atoms with van der Waals surface area (Å²) in [5.41, 5.74) is 7.04. The van der Waals surface area contributed by atoms with Gasteiger partial charge in [0, 0.05) is 15.2 Å². The van der Waals surface area contributed by atoms with Crippen LogP contribution in [0.25, 0.3) is 32.9 Å². The summed E-state index contributed by atoms with van der Waals surface area (Å²) in [5.74, 6) is 0. The lowest BCUT2D eigenvalue weighted by Gasteiger charge is -2.13. The molecule has 4 aromatic rings. The van der Waals surface area contributed by atoms with Gasteiger partial charge in [-0.25, -0.2) is 4.98 Å². The van der Waals surface area contributed by atoms with E-state index in [-0.39, 0.29) is 0 Å². The Morgan fingerprint density at radius 1 is 0.870 bits per heavy atom. The van der Waals surface area contributed by atoms with E-state index in [1.807, 2.05) is 0 Å². The lowest BCUT2D eigenvalue weighted by atomic mass is 9.95. The third-order valence-corrected chi connectivity index (χ3v) is 4.87. The maximum atomic E-state index is 4.92. The van der Waals surface area contributed by atoms with E-state index in [9.17, 15) is 0 Å². The average Bonchev–Trinajstić information content (AvgIpc) is 2.54. The normalized spacial score (nSPS) is 11.3. The van der Waals surface area contributed by atoms with E-state index in [0.29, 0.717) is 0 Å². The van der Waals surface area contributed by atoms with Crippen molar-refractivity contribution in [3.05, 3.63) is 76.3 Å². The Labute approximate surface area is 144 Å². The number of hydrogen-bond acceptors (Lipinski definition) is 1. The van der Waals surface area contributed by atoms with Crippen LogP contribution in [0.3, 0.4) is 0 Å². The van der Waals surface area contributed by atoms with Crippen LogP contribution in [0.2, 0.25) is 0 Å². The summed E-state index contributed by atoms with van der Waals surface area (Å²) in [5, 5.41) is 2.37. The van der Waals surface area contributed by atoms with Crippen molar-refractivity contribution in [3.63, 3.8) is 0 Å². The highest BCUT2D eigenvalue weighted by Crippen LogP contribution is 2.37. The van der Waals surface area contributed by atoms with Crippen LogP contribution in [-0.2, 0) is 0 Å². The maximum Gasteiger partial charge on any atom is 0.0858 e. The van der Waals surface area contributed by atoms with Gasteiger partial charge in [0.25, 0.3) is 0 Å². The van der Waals surface area contributed by atoms with Crippen molar-refractivity contribution < 1.29 is 0 Å². The molecule has 0 aliphatic heterocycles. The second kappa shape index (κ2) is 5.47. The predicted octanol–water partition coefficient (Wildman–Crippen LogP) is 6.43. The summed E-state index contributed by atoms with van der Waals surface area (Å²) < 4.78 is 1.05. The van der Waals surface area contributed by atoms with Gasteiger partial charge >= 0.3 is 0 Å². The SMILES string of the molecule is Cc1ccc2cc3c(-c4ccccc4)c(C)cc(Br)c3nc2c1. The van der Waals surface area contributed by atoms with E-state index in [1.54, 1.807) is 0 Å². The molecule has 0 bridgehead atoms. The van der Waals surface area contributed by atoms with Crippen molar-refractivity contribution in [1.82, 2.24) is 4.98 Å². The number of rotatable bonds is 1. The van der Waals surface area contributed by atoms with Gasteiger partial charge in [0.1, 0.15) is 0 Å². The van der Waals surface area contributed by atoms with Gasteiger partial charge in [-0.3, -0.25) is 0 Å². The number of pyridine rings is 1. The monoisotopic (exact) mass is 361 g/mol. The zero-order valence-electron chi connectivity index (χ0n) is 13.1. The highest BCUT2D eigenvalue weighted by Gasteiger charge is 2.12. The molecule has 0 radical (unpaired) electrons. The molecule has 3 aromatic carbocycles. The molecule has 0 unspecified atom stereocenters. The first kappa shape index (κ1) is 14.4. The lowest BCUT2D eigenvalue weighted by molar-refractivity contribution is 1.41. The molecule has 0 saturated heterocycles. The molecule has 112 valence electrons. The first-order chi connectivity index (χ1) is 11.1. The molecule has 2 heteroatoms. The summed E-state index contributed by atoms with van der Waals surface area (Å²) in [7, 11) is 0. The minimum absolute atomic E-state index is 1.02. The Morgan fingerprint density at radius 2 is 1.65 bits per heavy atom. The van der Waals surface area contributed by atoms with Crippen LogP contribution in [0.15, 0.2) is 65.1 Å². The maximum absolute atomic E-state index is 4.92. The Hall–Kier alpha value is -2.19. The van der Waals surface area contributed by atoms with Crippen LogP contribution < -0.4 is 0 Å². The molecule has 0 spiro atoms. The predicted molar refractivity (Wildman–Crippen MR) is 102 cm³/mol. The number of fused-ring (bicyclic) bond motifs is 2. The quantitative estimate of drug-likeness (QED) is 0.355. The number of nitrogens with zero attached hydrogens (tertiary/aromatic N) is 1. The second-order valence-corrected chi connectivity index (χ2v) is 6.85. The van der Waals surface area contributed by atoms with Crippen molar-refractivity contribution in [3.8, 4) is 11.1 Å². The van der Waals surface area contributed by atoms with Crippen molar-refractivity contribution in [2.24, 2.45) is 0 Å². The van der Waals surface area contributed by atoms with Gasteiger partial charge in [-0.05, 0) is 70.2 Å². The van der Waals surface area contributed by atoms with Crippen LogP contribution in [-0.4, -0.2) is 4.98 Å². The molecule has 0 atom stereocenters. The Balaban J connectivity index is 2.16. The van der Waals surface area contributed by atoms with Crippen LogP contribution in [0, 0.1) is 13.8 Å². The van der Waals surface area contributed by atoms with Crippen molar-refractivity contribution >= 4 is 37.7 Å². The van der Waals surface area contributed by atoms with Gasteiger partial charge < -0.3 is 0 Å². The largest absolute Gasteiger partial charge is 0.247 e. The Kier molecular flexibility index (Phi) is 3.42. The molecule has 0 saturated carbocycles. The van der Waals surface area contributed by atoms with Crippen molar-refractivity contribution in [2.45, 2.75) is 13.8 Å². The fourth-order valence-corrected chi connectivity index (χ4v) is 3.83. The third kappa shape index (κ3) is 2.43. The molecular weight excluding hydrogens is 346 g/mol. The number of aryl methyl sites for hydroxylation is 2. The van der Waals surface area contributed by atoms with Gasteiger partial charge in [0.15, 0.2) is 0 Å². The number of halogens is 1. The van der Waals surface area contributed by atoms with Crippen molar-refractivity contribution in [1.29, 1.82) is 0 Å². The van der Waals surface area contributed by atoms with E-state index >= 15 is 0 Å². The molecule has 0 fully saturated rings. The first-order valence-corrected chi connectivity index (χ1v) is 8.48. The molecule has 0 aliphatic carbocycles. The van der Waals surface area contributed by atoms with E-state index < -0.39 is 0 Å². The van der Waals surface area contributed by atoms with Crippen LogP contribution in [0.4, 0.5) is 0 Å². The number of benzene rings is 3. The molecule has 1 aromatic heterocycles. The topological polar surface area (TPSA) is 12.9 Å². The summed E-state index contributed by atoms with van der Waals surface area (Å²) >= 11 is 3.70. The molecule has 0 N–H and O–H groups in total. The van der Waals surface area contributed by atoms with Crippen molar-refractivity contribution in [2.75, 3.05) is 0 Å². The minimum atomic E-state index is 1.02. The first-order valence-electron chi connectivity index (χ1n) is 7.69. The fraction of sp³-hybridized carbons (Fsp3) is 0.0952. The van der Waals surface area contributed by atoms with Gasteiger partial charge in [0.2, 0.25) is 0 Å².